The summed E-state index contributed by atoms with van der Waals surface area (Å²) >= 11 is 0. The van der Waals surface area contributed by atoms with Gasteiger partial charge in [0.25, 0.3) is 5.91 Å². The number of fused-ring (bicyclic) bond motifs is 2. The Hall–Kier alpha value is -3.78. The number of anilines is 1. The first kappa shape index (κ1) is 22.4. The molecule has 0 aliphatic heterocycles. The first-order valence-electron chi connectivity index (χ1n) is 11.0. The van der Waals surface area contributed by atoms with Crippen LogP contribution >= 0.6 is 0 Å². The fraction of sp³-hybridized carbons (Fsp3) is 0.280. The van der Waals surface area contributed by atoms with Crippen LogP contribution in [0.1, 0.15) is 41.8 Å². The molecule has 1 amide bonds. The third-order valence-corrected chi connectivity index (χ3v) is 5.12. The molecule has 2 heterocycles. The van der Waals surface area contributed by atoms with Gasteiger partial charge in [-0.1, -0.05) is 42.0 Å². The average molecular weight is 445 g/mol. The van der Waals surface area contributed by atoms with Crippen molar-refractivity contribution in [3.63, 3.8) is 0 Å². The number of hydrogen-bond acceptors (Lipinski definition) is 6. The maximum atomic E-state index is 13.1. The Morgan fingerprint density at radius 2 is 1.94 bits per heavy atom. The van der Waals surface area contributed by atoms with Gasteiger partial charge in [0, 0.05) is 13.2 Å². The summed E-state index contributed by atoms with van der Waals surface area (Å²) in [6.07, 6.45) is 2.55. The summed E-state index contributed by atoms with van der Waals surface area (Å²) in [5, 5.41) is 7.46. The molecule has 0 atom stereocenters. The predicted molar refractivity (Wildman–Crippen MR) is 132 cm³/mol. The van der Waals surface area contributed by atoms with E-state index in [-0.39, 0.29) is 23.4 Å². The highest BCUT2D eigenvalue weighted by molar-refractivity contribution is 6.10. The van der Waals surface area contributed by atoms with Crippen LogP contribution in [0.5, 0.6) is 0 Å². The minimum Gasteiger partial charge on any atom is -0.383 e. The van der Waals surface area contributed by atoms with Gasteiger partial charge < -0.3 is 15.8 Å². The molecule has 33 heavy (non-hydrogen) atoms. The lowest BCUT2D eigenvalue weighted by molar-refractivity contribution is 0.0757. The molecule has 2 aromatic carbocycles. The van der Waals surface area contributed by atoms with Crippen molar-refractivity contribution < 1.29 is 9.53 Å². The standard InChI is InChI=1S/C25H28N6O2/c1-16(2)33-13-7-12-27-25(32)21-22-24(30-20-11-5-4-10-19(20)29-22)31(23(21)26)28-15-18-9-6-8-17(3)14-18/h4-6,8-11,14-16H,7,12-13,26H2,1-3H3,(H,27,32)/b28-15+. The summed E-state index contributed by atoms with van der Waals surface area (Å²) in [4.78, 5) is 22.5. The Balaban J connectivity index is 1.72. The number of nitrogen functional groups attached to an aromatic ring is 1. The lowest BCUT2D eigenvalue weighted by Crippen LogP contribution is -2.26. The van der Waals surface area contributed by atoms with Crippen molar-refractivity contribution >= 4 is 40.1 Å². The number of benzene rings is 2. The SMILES string of the molecule is Cc1cccc(/C=N/n2c(N)c(C(=O)NCCCOC(C)C)c3nc4ccccc4nc32)c1. The monoisotopic (exact) mass is 444 g/mol. The molecule has 4 rings (SSSR count). The van der Waals surface area contributed by atoms with Crippen molar-refractivity contribution in [3.05, 3.63) is 65.2 Å². The number of para-hydroxylation sites is 2. The molecule has 3 N–H and O–H groups in total. The molecule has 8 nitrogen and oxygen atoms in total. The highest BCUT2D eigenvalue weighted by Gasteiger charge is 2.23. The lowest BCUT2D eigenvalue weighted by atomic mass is 10.2. The van der Waals surface area contributed by atoms with E-state index in [4.69, 9.17) is 20.4 Å². The fourth-order valence-electron chi connectivity index (χ4n) is 3.54. The Kier molecular flexibility index (Phi) is 6.65. The van der Waals surface area contributed by atoms with Crippen molar-refractivity contribution in [3.8, 4) is 0 Å². The molecule has 0 fully saturated rings. The van der Waals surface area contributed by atoms with Crippen LogP contribution < -0.4 is 11.1 Å². The molecule has 170 valence electrons. The van der Waals surface area contributed by atoms with Gasteiger partial charge in [0.1, 0.15) is 16.9 Å². The molecule has 0 saturated carbocycles. The van der Waals surface area contributed by atoms with Crippen molar-refractivity contribution in [2.45, 2.75) is 33.3 Å². The molecule has 2 aromatic heterocycles. The summed E-state index contributed by atoms with van der Waals surface area (Å²) in [7, 11) is 0. The molecule has 0 radical (unpaired) electrons. The second-order valence-electron chi connectivity index (χ2n) is 8.14. The van der Waals surface area contributed by atoms with E-state index in [1.54, 1.807) is 6.21 Å². The third-order valence-electron chi connectivity index (χ3n) is 5.12. The van der Waals surface area contributed by atoms with Crippen molar-refractivity contribution in [2.75, 3.05) is 18.9 Å². The Morgan fingerprint density at radius 3 is 2.67 bits per heavy atom. The maximum absolute atomic E-state index is 13.1. The number of amides is 1. The highest BCUT2D eigenvalue weighted by atomic mass is 16.5. The first-order valence-corrected chi connectivity index (χ1v) is 11.0. The summed E-state index contributed by atoms with van der Waals surface area (Å²) in [6.45, 7) is 7.01. The summed E-state index contributed by atoms with van der Waals surface area (Å²) < 4.78 is 7.02. The Bertz CT molecular complexity index is 1330. The van der Waals surface area contributed by atoms with E-state index in [1.807, 2.05) is 69.3 Å². The fourth-order valence-corrected chi connectivity index (χ4v) is 3.54. The second-order valence-corrected chi connectivity index (χ2v) is 8.14. The number of hydrogen-bond donors (Lipinski definition) is 2. The van der Waals surface area contributed by atoms with E-state index in [2.05, 4.69) is 10.4 Å². The normalized spacial score (nSPS) is 11.8. The van der Waals surface area contributed by atoms with Gasteiger partial charge in [-0.25, -0.2) is 9.97 Å². The number of ether oxygens (including phenoxy) is 1. The summed E-state index contributed by atoms with van der Waals surface area (Å²) in [6, 6.07) is 15.4. The van der Waals surface area contributed by atoms with Gasteiger partial charge >= 0.3 is 0 Å². The van der Waals surface area contributed by atoms with Gasteiger partial charge in [-0.2, -0.15) is 9.78 Å². The van der Waals surface area contributed by atoms with E-state index in [0.29, 0.717) is 41.8 Å². The zero-order valence-corrected chi connectivity index (χ0v) is 19.1. The van der Waals surface area contributed by atoms with Gasteiger partial charge in [-0.05, 0) is 44.9 Å². The van der Waals surface area contributed by atoms with E-state index in [0.717, 1.165) is 11.1 Å². The van der Waals surface area contributed by atoms with Crippen LogP contribution in [0.3, 0.4) is 0 Å². The largest absolute Gasteiger partial charge is 0.383 e. The number of carbonyl (C=O) groups excluding carboxylic acids is 1. The Morgan fingerprint density at radius 1 is 1.18 bits per heavy atom. The van der Waals surface area contributed by atoms with Crippen molar-refractivity contribution in [1.82, 2.24) is 20.0 Å². The molecule has 0 spiro atoms. The van der Waals surface area contributed by atoms with Crippen LogP contribution in [-0.4, -0.2) is 46.0 Å². The van der Waals surface area contributed by atoms with Crippen molar-refractivity contribution in [2.24, 2.45) is 5.10 Å². The summed E-state index contributed by atoms with van der Waals surface area (Å²) in [5.74, 6) is -0.115. The smallest absolute Gasteiger partial charge is 0.257 e. The molecular formula is C25H28N6O2. The zero-order valence-electron chi connectivity index (χ0n) is 19.1. The maximum Gasteiger partial charge on any atom is 0.257 e. The zero-order chi connectivity index (χ0) is 23.4. The molecular weight excluding hydrogens is 416 g/mol. The number of nitrogens with one attached hydrogen (secondary N) is 1. The van der Waals surface area contributed by atoms with Gasteiger partial charge in [-0.15, -0.1) is 0 Å². The van der Waals surface area contributed by atoms with E-state index < -0.39 is 0 Å². The summed E-state index contributed by atoms with van der Waals surface area (Å²) in [5.41, 5.74) is 11.0. The molecule has 4 aromatic rings. The van der Waals surface area contributed by atoms with Crippen LogP contribution in [0.25, 0.3) is 22.2 Å². The molecule has 0 saturated heterocycles. The van der Waals surface area contributed by atoms with Gasteiger partial charge in [-0.3, -0.25) is 4.79 Å². The number of carbonyl (C=O) groups is 1. The van der Waals surface area contributed by atoms with Gasteiger partial charge in [0.05, 0.1) is 23.4 Å². The minimum absolute atomic E-state index is 0.157. The number of nitrogens with zero attached hydrogens (tertiary/aromatic N) is 4. The predicted octanol–water partition coefficient (Wildman–Crippen LogP) is 3.90. The van der Waals surface area contributed by atoms with Crippen LogP contribution in [0.4, 0.5) is 5.82 Å². The molecule has 0 aliphatic rings. The van der Waals surface area contributed by atoms with E-state index >= 15 is 0 Å². The average Bonchev–Trinajstić information content (AvgIpc) is 3.05. The molecule has 8 heteroatoms. The number of aromatic nitrogens is 3. The second kappa shape index (κ2) is 9.79. The highest BCUT2D eigenvalue weighted by Crippen LogP contribution is 2.27. The van der Waals surface area contributed by atoms with Gasteiger partial charge in [0.2, 0.25) is 0 Å². The van der Waals surface area contributed by atoms with Gasteiger partial charge in [0.15, 0.2) is 5.65 Å². The first-order chi connectivity index (χ1) is 15.9. The Labute approximate surface area is 192 Å². The number of aryl methyl sites for hydroxylation is 1. The number of rotatable bonds is 8. The van der Waals surface area contributed by atoms with Crippen LogP contribution in [0, 0.1) is 6.92 Å². The molecule has 0 bridgehead atoms. The number of nitrogens with two attached hydrogens (primary N) is 1. The van der Waals surface area contributed by atoms with Crippen molar-refractivity contribution in [1.29, 1.82) is 0 Å². The van der Waals surface area contributed by atoms with Crippen LogP contribution in [-0.2, 0) is 4.74 Å². The van der Waals surface area contributed by atoms with E-state index in [1.165, 1.54) is 4.68 Å². The quantitative estimate of drug-likeness (QED) is 0.317. The van der Waals surface area contributed by atoms with Crippen LogP contribution in [0.2, 0.25) is 0 Å². The minimum atomic E-state index is -0.309. The molecule has 0 aliphatic carbocycles. The van der Waals surface area contributed by atoms with E-state index in [9.17, 15) is 4.79 Å². The third kappa shape index (κ3) is 5.01. The topological polar surface area (TPSA) is 107 Å². The van der Waals surface area contributed by atoms with Crippen LogP contribution in [0.15, 0.2) is 53.6 Å². The lowest BCUT2D eigenvalue weighted by Gasteiger charge is -2.08. The molecule has 0 unspecified atom stereocenters.